The largest absolute Gasteiger partial charge is 0.497 e. The number of anilines is 1. The van der Waals surface area contributed by atoms with Gasteiger partial charge < -0.3 is 4.74 Å². The Labute approximate surface area is 116 Å². The van der Waals surface area contributed by atoms with Gasteiger partial charge >= 0.3 is 0 Å². The highest BCUT2D eigenvalue weighted by molar-refractivity contribution is 7.13. The number of carbonyl (C=O) groups is 1. The lowest BCUT2D eigenvalue weighted by Gasteiger charge is -2.10. The van der Waals surface area contributed by atoms with Gasteiger partial charge in [-0.1, -0.05) is 12.1 Å². The van der Waals surface area contributed by atoms with Crippen molar-refractivity contribution in [1.82, 2.24) is 4.98 Å². The molecule has 0 N–H and O–H groups in total. The maximum Gasteiger partial charge on any atom is 0.252 e. The number of nitrogens with zero attached hydrogens (tertiary/aromatic N) is 2. The van der Waals surface area contributed by atoms with Gasteiger partial charge in [-0.2, -0.15) is 0 Å². The molecule has 1 heterocycles. The minimum atomic E-state index is -0.113. The molecule has 2 aromatic rings. The van der Waals surface area contributed by atoms with Gasteiger partial charge in [-0.05, 0) is 23.8 Å². The molecular weight excluding hydrogens is 260 g/mol. The second kappa shape index (κ2) is 6.15. The molecule has 0 aliphatic carbocycles. The summed E-state index contributed by atoms with van der Waals surface area (Å²) in [5, 5.41) is 2.52. The first-order valence-electron chi connectivity index (χ1n) is 5.70. The molecular formula is C14H14N2O2S. The fourth-order valence-electron chi connectivity index (χ4n) is 1.50. The summed E-state index contributed by atoms with van der Waals surface area (Å²) < 4.78 is 5.13. The van der Waals surface area contributed by atoms with Crippen molar-refractivity contribution in [2.24, 2.45) is 0 Å². The van der Waals surface area contributed by atoms with Gasteiger partial charge in [0.2, 0.25) is 0 Å². The molecule has 1 aromatic carbocycles. The van der Waals surface area contributed by atoms with E-state index in [-0.39, 0.29) is 5.91 Å². The molecule has 0 aliphatic heterocycles. The Bertz CT molecular complexity index is 579. The molecule has 4 nitrogen and oxygen atoms in total. The summed E-state index contributed by atoms with van der Waals surface area (Å²) in [6.45, 7) is 0. The van der Waals surface area contributed by atoms with Crippen LogP contribution in [0.25, 0.3) is 6.08 Å². The molecule has 0 saturated carbocycles. The molecule has 5 heteroatoms. The van der Waals surface area contributed by atoms with Gasteiger partial charge in [-0.25, -0.2) is 4.98 Å². The number of amides is 1. The quantitative estimate of drug-likeness (QED) is 0.805. The van der Waals surface area contributed by atoms with E-state index in [0.29, 0.717) is 5.13 Å². The van der Waals surface area contributed by atoms with Crippen molar-refractivity contribution in [3.8, 4) is 5.75 Å². The molecule has 0 radical (unpaired) electrons. The molecule has 2 rings (SSSR count). The van der Waals surface area contributed by atoms with Gasteiger partial charge in [0.05, 0.1) is 7.11 Å². The van der Waals surface area contributed by atoms with Crippen molar-refractivity contribution in [2.75, 3.05) is 19.1 Å². The average molecular weight is 274 g/mol. The van der Waals surface area contributed by atoms with E-state index in [1.807, 2.05) is 29.6 Å². The minimum absolute atomic E-state index is 0.113. The molecule has 1 amide bonds. The summed E-state index contributed by atoms with van der Waals surface area (Å²) >= 11 is 1.43. The van der Waals surface area contributed by atoms with Crippen LogP contribution in [-0.2, 0) is 4.79 Å². The molecule has 0 aliphatic rings. The van der Waals surface area contributed by atoms with E-state index in [1.165, 1.54) is 22.3 Å². The van der Waals surface area contributed by atoms with Crippen molar-refractivity contribution < 1.29 is 9.53 Å². The third-order valence-electron chi connectivity index (χ3n) is 2.55. The number of hydrogen-bond donors (Lipinski definition) is 0. The van der Waals surface area contributed by atoms with Crippen LogP contribution in [0.4, 0.5) is 5.13 Å². The zero-order valence-electron chi connectivity index (χ0n) is 10.7. The Morgan fingerprint density at radius 1 is 1.47 bits per heavy atom. The summed E-state index contributed by atoms with van der Waals surface area (Å²) in [5.41, 5.74) is 0.917. The van der Waals surface area contributed by atoms with Crippen LogP contribution in [0.5, 0.6) is 5.75 Å². The number of rotatable bonds is 4. The van der Waals surface area contributed by atoms with Crippen LogP contribution >= 0.6 is 11.3 Å². The maximum atomic E-state index is 11.9. The van der Waals surface area contributed by atoms with Crippen LogP contribution in [0.2, 0.25) is 0 Å². The normalized spacial score (nSPS) is 10.6. The number of aromatic nitrogens is 1. The lowest BCUT2D eigenvalue weighted by molar-refractivity contribution is -0.113. The van der Waals surface area contributed by atoms with Gasteiger partial charge in [0, 0.05) is 24.7 Å². The third-order valence-corrected chi connectivity index (χ3v) is 3.40. The Kier molecular flexibility index (Phi) is 4.30. The molecule has 0 saturated heterocycles. The number of hydrogen-bond acceptors (Lipinski definition) is 4. The Hall–Kier alpha value is -2.14. The molecule has 0 bridgehead atoms. The van der Waals surface area contributed by atoms with Gasteiger partial charge in [-0.3, -0.25) is 9.69 Å². The first-order chi connectivity index (χ1) is 9.20. The highest BCUT2D eigenvalue weighted by atomic mass is 32.1. The standard InChI is InChI=1S/C14H14N2O2S/c1-16(14-15-8-9-19-14)13(17)7-6-11-4-3-5-12(10-11)18-2/h3-10H,1-2H3. The molecule has 0 unspecified atom stereocenters. The first-order valence-corrected chi connectivity index (χ1v) is 6.58. The van der Waals surface area contributed by atoms with Crippen LogP contribution in [0.1, 0.15) is 5.56 Å². The Balaban J connectivity index is 2.07. The monoisotopic (exact) mass is 274 g/mol. The van der Waals surface area contributed by atoms with Crippen LogP contribution in [0.15, 0.2) is 41.9 Å². The highest BCUT2D eigenvalue weighted by Gasteiger charge is 2.09. The van der Waals surface area contributed by atoms with Gasteiger partial charge in [-0.15, -0.1) is 11.3 Å². The van der Waals surface area contributed by atoms with Gasteiger partial charge in [0.1, 0.15) is 5.75 Å². The van der Waals surface area contributed by atoms with Crippen molar-refractivity contribution in [1.29, 1.82) is 0 Å². The first kappa shape index (κ1) is 13.3. The average Bonchev–Trinajstić information content (AvgIpc) is 2.98. The lowest BCUT2D eigenvalue weighted by Crippen LogP contribution is -2.23. The van der Waals surface area contributed by atoms with Gasteiger partial charge in [0.15, 0.2) is 5.13 Å². The molecule has 19 heavy (non-hydrogen) atoms. The van der Waals surface area contributed by atoms with E-state index in [1.54, 1.807) is 26.4 Å². The van der Waals surface area contributed by atoms with E-state index in [4.69, 9.17) is 4.74 Å². The third kappa shape index (κ3) is 3.42. The topological polar surface area (TPSA) is 42.4 Å². The predicted octanol–water partition coefficient (Wildman–Crippen LogP) is 2.83. The molecule has 98 valence electrons. The zero-order valence-corrected chi connectivity index (χ0v) is 11.6. The van der Waals surface area contributed by atoms with E-state index in [2.05, 4.69) is 4.98 Å². The number of thiazole rings is 1. The number of carbonyl (C=O) groups excluding carboxylic acids is 1. The van der Waals surface area contributed by atoms with Crippen LogP contribution < -0.4 is 9.64 Å². The summed E-state index contributed by atoms with van der Waals surface area (Å²) in [6.07, 6.45) is 4.96. The smallest absolute Gasteiger partial charge is 0.252 e. The van der Waals surface area contributed by atoms with E-state index < -0.39 is 0 Å². The molecule has 1 aromatic heterocycles. The van der Waals surface area contributed by atoms with E-state index in [9.17, 15) is 4.79 Å². The Morgan fingerprint density at radius 3 is 3.00 bits per heavy atom. The van der Waals surface area contributed by atoms with Crippen molar-refractivity contribution in [3.05, 3.63) is 47.5 Å². The molecule has 0 atom stereocenters. The SMILES string of the molecule is COc1cccc(C=CC(=O)N(C)c2nccs2)c1. The maximum absolute atomic E-state index is 11.9. The summed E-state index contributed by atoms with van der Waals surface area (Å²) in [5.74, 6) is 0.653. The Morgan fingerprint density at radius 2 is 2.32 bits per heavy atom. The minimum Gasteiger partial charge on any atom is -0.497 e. The van der Waals surface area contributed by atoms with Crippen LogP contribution in [0.3, 0.4) is 0 Å². The highest BCUT2D eigenvalue weighted by Crippen LogP contribution is 2.17. The summed E-state index contributed by atoms with van der Waals surface area (Å²) in [6, 6.07) is 7.53. The van der Waals surface area contributed by atoms with E-state index in [0.717, 1.165) is 11.3 Å². The second-order valence-corrected chi connectivity index (χ2v) is 4.69. The lowest BCUT2D eigenvalue weighted by atomic mass is 10.2. The predicted molar refractivity (Wildman–Crippen MR) is 77.6 cm³/mol. The van der Waals surface area contributed by atoms with Crippen molar-refractivity contribution in [2.45, 2.75) is 0 Å². The van der Waals surface area contributed by atoms with Crippen molar-refractivity contribution >= 4 is 28.5 Å². The summed E-state index contributed by atoms with van der Waals surface area (Å²) in [4.78, 5) is 17.5. The number of benzene rings is 1. The molecule has 0 spiro atoms. The van der Waals surface area contributed by atoms with Gasteiger partial charge in [0.25, 0.3) is 5.91 Å². The summed E-state index contributed by atoms with van der Waals surface area (Å²) in [7, 11) is 3.32. The zero-order chi connectivity index (χ0) is 13.7. The van der Waals surface area contributed by atoms with Crippen LogP contribution in [0, 0.1) is 0 Å². The fraction of sp³-hybridized carbons (Fsp3) is 0.143. The van der Waals surface area contributed by atoms with Crippen molar-refractivity contribution in [3.63, 3.8) is 0 Å². The fourth-order valence-corrected chi connectivity index (χ4v) is 2.11. The van der Waals surface area contributed by atoms with E-state index >= 15 is 0 Å². The number of ether oxygens (including phenoxy) is 1. The molecule has 0 fully saturated rings. The number of likely N-dealkylation sites (N-methyl/N-ethyl adjacent to an activating group) is 1. The van der Waals surface area contributed by atoms with Crippen LogP contribution in [-0.4, -0.2) is 25.0 Å². The second-order valence-electron chi connectivity index (χ2n) is 3.82. The number of methoxy groups -OCH3 is 1.